The molecule has 0 saturated heterocycles. The van der Waals surface area contributed by atoms with Crippen molar-refractivity contribution >= 4 is 59.1 Å². The Bertz CT molecular complexity index is 1220. The average molecular weight is 310 g/mol. The minimum Gasteiger partial charge on any atom is -0.135 e. The van der Waals surface area contributed by atoms with Gasteiger partial charge in [-0.25, -0.2) is 0 Å². The molecule has 0 radical (unpaired) electrons. The molecule has 0 fully saturated rings. The Morgan fingerprint density at radius 3 is 2.22 bits per heavy atom. The highest BCUT2D eigenvalue weighted by Gasteiger charge is 2.13. The van der Waals surface area contributed by atoms with Crippen LogP contribution in [0.5, 0.6) is 0 Å². The Kier molecular flexibility index (Phi) is 2.61. The zero-order valence-electron chi connectivity index (χ0n) is 12.5. The van der Waals surface area contributed by atoms with E-state index in [0.717, 1.165) is 0 Å². The molecular formula is C22H14S. The first-order valence-corrected chi connectivity index (χ1v) is 8.56. The molecule has 0 atom stereocenters. The van der Waals surface area contributed by atoms with E-state index < -0.39 is 0 Å². The third kappa shape index (κ3) is 1.71. The fourth-order valence-corrected chi connectivity index (χ4v) is 4.81. The molecule has 4 aromatic carbocycles. The van der Waals surface area contributed by atoms with Crippen molar-refractivity contribution in [1.29, 1.82) is 0 Å². The van der Waals surface area contributed by atoms with Gasteiger partial charge in [-0.05, 0) is 39.2 Å². The van der Waals surface area contributed by atoms with Gasteiger partial charge in [0, 0.05) is 20.2 Å². The second-order valence-electron chi connectivity index (χ2n) is 5.86. The average Bonchev–Trinajstić information content (AvgIpc) is 3.01. The van der Waals surface area contributed by atoms with E-state index in [1.807, 2.05) is 17.4 Å². The first kappa shape index (κ1) is 12.9. The lowest BCUT2D eigenvalue weighted by Crippen LogP contribution is -1.79. The maximum absolute atomic E-state index is 4.03. The Morgan fingerprint density at radius 1 is 0.739 bits per heavy atom. The fraction of sp³-hybridized carbons (Fsp3) is 0. The molecule has 0 aliphatic heterocycles. The van der Waals surface area contributed by atoms with Gasteiger partial charge in [-0.3, -0.25) is 0 Å². The van der Waals surface area contributed by atoms with Crippen LogP contribution in [0.15, 0.2) is 73.3 Å². The number of thiophene rings is 1. The Balaban J connectivity index is 2.19. The van der Waals surface area contributed by atoms with Gasteiger partial charge < -0.3 is 0 Å². The van der Waals surface area contributed by atoms with E-state index in [-0.39, 0.29) is 0 Å². The monoisotopic (exact) mass is 310 g/mol. The van der Waals surface area contributed by atoms with Crippen molar-refractivity contribution in [3.05, 3.63) is 78.9 Å². The van der Waals surface area contributed by atoms with Crippen LogP contribution in [-0.4, -0.2) is 0 Å². The largest absolute Gasteiger partial charge is 0.135 e. The molecule has 1 aromatic heterocycles. The molecule has 0 aliphatic carbocycles. The van der Waals surface area contributed by atoms with Crippen molar-refractivity contribution in [1.82, 2.24) is 0 Å². The first-order chi connectivity index (χ1) is 11.4. The molecule has 1 heteroatoms. The van der Waals surface area contributed by atoms with Crippen molar-refractivity contribution in [2.45, 2.75) is 0 Å². The molecule has 5 rings (SSSR count). The first-order valence-electron chi connectivity index (χ1n) is 7.75. The molecule has 5 aromatic rings. The van der Waals surface area contributed by atoms with Crippen molar-refractivity contribution < 1.29 is 0 Å². The lowest BCUT2D eigenvalue weighted by molar-refractivity contribution is 1.79. The van der Waals surface area contributed by atoms with Crippen LogP contribution in [0.1, 0.15) is 5.56 Å². The van der Waals surface area contributed by atoms with E-state index in [1.54, 1.807) is 0 Å². The molecule has 23 heavy (non-hydrogen) atoms. The Hall–Kier alpha value is -2.64. The van der Waals surface area contributed by atoms with Crippen LogP contribution in [0.3, 0.4) is 0 Å². The van der Waals surface area contributed by atoms with Crippen molar-refractivity contribution in [2.75, 3.05) is 0 Å². The number of hydrogen-bond acceptors (Lipinski definition) is 1. The summed E-state index contributed by atoms with van der Waals surface area (Å²) in [6.45, 7) is 4.03. The van der Waals surface area contributed by atoms with Crippen LogP contribution in [-0.2, 0) is 0 Å². The molecule has 0 N–H and O–H groups in total. The van der Waals surface area contributed by atoms with Crippen LogP contribution in [0.25, 0.3) is 47.8 Å². The SMILES string of the molecule is C=Cc1cc2ccccc2c2c1sc1ccc3ccccc3c12. The van der Waals surface area contributed by atoms with Gasteiger partial charge in [0.1, 0.15) is 0 Å². The third-order valence-corrected chi connectivity index (χ3v) is 5.81. The van der Waals surface area contributed by atoms with E-state index >= 15 is 0 Å². The van der Waals surface area contributed by atoms with Gasteiger partial charge in [0.15, 0.2) is 0 Å². The Labute approximate surface area is 138 Å². The van der Waals surface area contributed by atoms with E-state index in [1.165, 1.54) is 47.3 Å². The predicted molar refractivity (Wildman–Crippen MR) is 104 cm³/mol. The highest BCUT2D eigenvalue weighted by Crippen LogP contribution is 2.43. The van der Waals surface area contributed by atoms with Gasteiger partial charge in [-0.2, -0.15) is 0 Å². The predicted octanol–water partition coefficient (Wildman–Crippen LogP) is 7.00. The van der Waals surface area contributed by atoms with E-state index in [2.05, 4.69) is 73.3 Å². The molecule has 0 nitrogen and oxygen atoms in total. The fourth-order valence-electron chi connectivity index (χ4n) is 3.56. The second kappa shape index (κ2) is 4.68. The molecule has 1 heterocycles. The van der Waals surface area contributed by atoms with E-state index in [0.29, 0.717) is 0 Å². The van der Waals surface area contributed by atoms with Gasteiger partial charge in [0.25, 0.3) is 0 Å². The number of rotatable bonds is 1. The third-order valence-electron chi connectivity index (χ3n) is 4.60. The molecule has 0 spiro atoms. The summed E-state index contributed by atoms with van der Waals surface area (Å²) in [5.41, 5.74) is 1.23. The van der Waals surface area contributed by atoms with Crippen LogP contribution >= 0.6 is 11.3 Å². The lowest BCUT2D eigenvalue weighted by Gasteiger charge is -2.05. The standard InChI is InChI=1S/C22H14S/c1-2-14-13-16-8-4-6-10-18(16)21-20-17-9-5-3-7-15(17)11-12-19(20)23-22(14)21/h2-13H,1H2. The van der Waals surface area contributed by atoms with Crippen LogP contribution < -0.4 is 0 Å². The summed E-state index contributed by atoms with van der Waals surface area (Å²) in [6.07, 6.45) is 1.98. The molecule has 0 saturated carbocycles. The smallest absolute Gasteiger partial charge is 0.0434 e. The summed E-state index contributed by atoms with van der Waals surface area (Å²) in [4.78, 5) is 0. The molecule has 0 unspecified atom stereocenters. The number of hydrogen-bond donors (Lipinski definition) is 0. The molecule has 0 amide bonds. The topological polar surface area (TPSA) is 0 Å². The zero-order valence-corrected chi connectivity index (χ0v) is 13.4. The van der Waals surface area contributed by atoms with Gasteiger partial charge in [0.05, 0.1) is 0 Å². The van der Waals surface area contributed by atoms with Gasteiger partial charge in [-0.15, -0.1) is 11.3 Å². The number of benzene rings is 4. The van der Waals surface area contributed by atoms with Crippen molar-refractivity contribution in [3.8, 4) is 0 Å². The molecule has 0 bridgehead atoms. The summed E-state index contributed by atoms with van der Waals surface area (Å²) < 4.78 is 2.68. The van der Waals surface area contributed by atoms with E-state index in [4.69, 9.17) is 0 Å². The summed E-state index contributed by atoms with van der Waals surface area (Å²) in [5.74, 6) is 0. The second-order valence-corrected chi connectivity index (χ2v) is 6.91. The minimum atomic E-state index is 1.23. The summed E-state index contributed by atoms with van der Waals surface area (Å²) in [7, 11) is 0. The van der Waals surface area contributed by atoms with Crippen LogP contribution in [0.4, 0.5) is 0 Å². The van der Waals surface area contributed by atoms with Crippen LogP contribution in [0.2, 0.25) is 0 Å². The van der Waals surface area contributed by atoms with Crippen LogP contribution in [0, 0.1) is 0 Å². The number of fused-ring (bicyclic) bond motifs is 7. The summed E-state index contributed by atoms with van der Waals surface area (Å²) in [5, 5.41) is 7.99. The van der Waals surface area contributed by atoms with Crippen molar-refractivity contribution in [2.24, 2.45) is 0 Å². The quantitative estimate of drug-likeness (QED) is 0.312. The highest BCUT2D eigenvalue weighted by molar-refractivity contribution is 7.26. The maximum Gasteiger partial charge on any atom is 0.0434 e. The lowest BCUT2D eigenvalue weighted by atomic mass is 9.97. The summed E-state index contributed by atoms with van der Waals surface area (Å²) in [6, 6.07) is 24.1. The van der Waals surface area contributed by atoms with Gasteiger partial charge >= 0.3 is 0 Å². The molecule has 0 aliphatic rings. The molecular weight excluding hydrogens is 296 g/mol. The highest BCUT2D eigenvalue weighted by atomic mass is 32.1. The maximum atomic E-state index is 4.03. The summed E-state index contributed by atoms with van der Waals surface area (Å²) >= 11 is 1.87. The van der Waals surface area contributed by atoms with Crippen molar-refractivity contribution in [3.63, 3.8) is 0 Å². The minimum absolute atomic E-state index is 1.23. The van der Waals surface area contributed by atoms with Gasteiger partial charge in [-0.1, -0.05) is 67.3 Å². The zero-order chi connectivity index (χ0) is 15.4. The van der Waals surface area contributed by atoms with E-state index in [9.17, 15) is 0 Å². The molecule has 108 valence electrons. The normalized spacial score (nSPS) is 11.7. The Morgan fingerprint density at radius 2 is 1.43 bits per heavy atom. The van der Waals surface area contributed by atoms with Gasteiger partial charge in [0.2, 0.25) is 0 Å².